The maximum Gasteiger partial charge on any atom is 0.0712 e. The molecule has 0 bridgehead atoms. The standard InChI is InChI=1S/C20H20N2/c1-4-10-17(11-5-1)16-21-22-20(18-12-6-2-7-13-18)19-14-8-3-9-15-19/h1-15,20-22H,16H2. The first-order chi connectivity index (χ1) is 10.9. The summed E-state index contributed by atoms with van der Waals surface area (Å²) in [6.07, 6.45) is 0. The molecule has 0 aliphatic heterocycles. The molecule has 2 heteroatoms. The van der Waals surface area contributed by atoms with Crippen molar-refractivity contribution in [1.29, 1.82) is 0 Å². The molecule has 0 amide bonds. The van der Waals surface area contributed by atoms with E-state index in [0.29, 0.717) is 0 Å². The summed E-state index contributed by atoms with van der Waals surface area (Å²) >= 11 is 0. The minimum absolute atomic E-state index is 0.131. The van der Waals surface area contributed by atoms with E-state index in [4.69, 9.17) is 0 Å². The Kier molecular flexibility index (Phi) is 4.98. The molecule has 0 saturated heterocycles. The molecular formula is C20H20N2. The molecule has 3 rings (SSSR count). The summed E-state index contributed by atoms with van der Waals surface area (Å²) in [5.41, 5.74) is 10.5. The van der Waals surface area contributed by atoms with Crippen LogP contribution in [0.3, 0.4) is 0 Å². The predicted molar refractivity (Wildman–Crippen MR) is 91.1 cm³/mol. The highest BCUT2D eigenvalue weighted by Crippen LogP contribution is 2.20. The van der Waals surface area contributed by atoms with Gasteiger partial charge in [0.05, 0.1) is 6.04 Å². The molecule has 2 nitrogen and oxygen atoms in total. The van der Waals surface area contributed by atoms with E-state index in [-0.39, 0.29) is 6.04 Å². The summed E-state index contributed by atoms with van der Waals surface area (Å²) in [5, 5.41) is 0. The molecule has 0 radical (unpaired) electrons. The quantitative estimate of drug-likeness (QED) is 0.668. The molecule has 2 N–H and O–H groups in total. The van der Waals surface area contributed by atoms with Crippen molar-refractivity contribution in [3.8, 4) is 0 Å². The molecule has 3 aromatic carbocycles. The van der Waals surface area contributed by atoms with Gasteiger partial charge in [0.25, 0.3) is 0 Å². The topological polar surface area (TPSA) is 24.1 Å². The van der Waals surface area contributed by atoms with Crippen LogP contribution in [0.15, 0.2) is 91.0 Å². The molecule has 22 heavy (non-hydrogen) atoms. The summed E-state index contributed by atoms with van der Waals surface area (Å²) in [6, 6.07) is 31.5. The first-order valence-corrected chi connectivity index (χ1v) is 7.56. The van der Waals surface area contributed by atoms with Gasteiger partial charge in [-0.1, -0.05) is 91.0 Å². The van der Waals surface area contributed by atoms with Crippen molar-refractivity contribution >= 4 is 0 Å². The van der Waals surface area contributed by atoms with Gasteiger partial charge in [0.15, 0.2) is 0 Å². The van der Waals surface area contributed by atoms with E-state index in [1.54, 1.807) is 0 Å². The van der Waals surface area contributed by atoms with E-state index in [1.165, 1.54) is 16.7 Å². The SMILES string of the molecule is c1ccc(CNNC(c2ccccc2)c2ccccc2)cc1. The third kappa shape index (κ3) is 3.82. The van der Waals surface area contributed by atoms with Crippen LogP contribution >= 0.6 is 0 Å². The predicted octanol–water partition coefficient (Wildman–Crippen LogP) is 4.07. The molecule has 0 heterocycles. The van der Waals surface area contributed by atoms with Gasteiger partial charge in [-0.2, -0.15) is 0 Å². The van der Waals surface area contributed by atoms with Gasteiger partial charge in [0, 0.05) is 6.54 Å². The second-order valence-electron chi connectivity index (χ2n) is 5.24. The van der Waals surface area contributed by atoms with Crippen molar-refractivity contribution in [2.45, 2.75) is 12.6 Å². The van der Waals surface area contributed by atoms with Crippen LogP contribution in [0.25, 0.3) is 0 Å². The van der Waals surface area contributed by atoms with Crippen LogP contribution in [0, 0.1) is 0 Å². The van der Waals surface area contributed by atoms with Crippen LogP contribution in [0.1, 0.15) is 22.7 Å². The zero-order valence-corrected chi connectivity index (χ0v) is 12.4. The molecule has 3 aromatic rings. The Balaban J connectivity index is 1.72. The van der Waals surface area contributed by atoms with Crippen LogP contribution < -0.4 is 10.9 Å². The first kappa shape index (κ1) is 14.5. The van der Waals surface area contributed by atoms with Crippen LogP contribution in [-0.4, -0.2) is 0 Å². The summed E-state index contributed by atoms with van der Waals surface area (Å²) < 4.78 is 0. The fourth-order valence-electron chi connectivity index (χ4n) is 2.50. The lowest BCUT2D eigenvalue weighted by Crippen LogP contribution is -2.35. The van der Waals surface area contributed by atoms with Crippen molar-refractivity contribution in [2.24, 2.45) is 0 Å². The molecule has 0 atom stereocenters. The Bertz CT molecular complexity index is 626. The number of hydrazine groups is 1. The van der Waals surface area contributed by atoms with E-state index in [1.807, 2.05) is 18.2 Å². The Morgan fingerprint density at radius 3 is 1.55 bits per heavy atom. The number of hydrogen-bond acceptors (Lipinski definition) is 2. The van der Waals surface area contributed by atoms with E-state index < -0.39 is 0 Å². The Hall–Kier alpha value is -2.42. The smallest absolute Gasteiger partial charge is 0.0712 e. The number of hydrogen-bond donors (Lipinski definition) is 2. The molecule has 0 aliphatic rings. The Morgan fingerprint density at radius 1 is 0.591 bits per heavy atom. The van der Waals surface area contributed by atoms with E-state index in [2.05, 4.69) is 83.6 Å². The summed E-state index contributed by atoms with van der Waals surface area (Å²) in [7, 11) is 0. The largest absolute Gasteiger partial charge is 0.253 e. The van der Waals surface area contributed by atoms with Gasteiger partial charge in [-0.05, 0) is 16.7 Å². The van der Waals surface area contributed by atoms with Gasteiger partial charge >= 0.3 is 0 Å². The second-order valence-corrected chi connectivity index (χ2v) is 5.24. The van der Waals surface area contributed by atoms with Crippen LogP contribution in [0.5, 0.6) is 0 Å². The lowest BCUT2D eigenvalue weighted by molar-refractivity contribution is 0.479. The van der Waals surface area contributed by atoms with Gasteiger partial charge in [-0.15, -0.1) is 0 Å². The van der Waals surface area contributed by atoms with E-state index in [9.17, 15) is 0 Å². The molecule has 0 spiro atoms. The van der Waals surface area contributed by atoms with Crippen molar-refractivity contribution in [1.82, 2.24) is 10.9 Å². The Labute approximate surface area is 131 Å². The first-order valence-electron chi connectivity index (χ1n) is 7.56. The molecule has 0 fully saturated rings. The van der Waals surface area contributed by atoms with Gasteiger partial charge in [-0.3, -0.25) is 5.43 Å². The third-order valence-corrected chi connectivity index (χ3v) is 3.65. The molecule has 0 unspecified atom stereocenters. The number of nitrogens with one attached hydrogen (secondary N) is 2. The highest BCUT2D eigenvalue weighted by atomic mass is 15.4. The molecule has 0 saturated carbocycles. The van der Waals surface area contributed by atoms with Crippen LogP contribution in [0.4, 0.5) is 0 Å². The van der Waals surface area contributed by atoms with Crippen molar-refractivity contribution in [3.63, 3.8) is 0 Å². The highest BCUT2D eigenvalue weighted by Gasteiger charge is 2.12. The van der Waals surface area contributed by atoms with E-state index in [0.717, 1.165) is 6.54 Å². The van der Waals surface area contributed by atoms with Crippen molar-refractivity contribution in [3.05, 3.63) is 108 Å². The molecular weight excluding hydrogens is 268 g/mol. The van der Waals surface area contributed by atoms with Crippen LogP contribution in [-0.2, 0) is 6.54 Å². The summed E-state index contributed by atoms with van der Waals surface area (Å²) in [6.45, 7) is 0.789. The van der Waals surface area contributed by atoms with Gasteiger partial charge in [0.2, 0.25) is 0 Å². The second kappa shape index (κ2) is 7.55. The van der Waals surface area contributed by atoms with Crippen molar-refractivity contribution < 1.29 is 0 Å². The average molecular weight is 288 g/mol. The number of rotatable bonds is 6. The average Bonchev–Trinajstić information content (AvgIpc) is 2.61. The third-order valence-electron chi connectivity index (χ3n) is 3.65. The molecule has 0 aliphatic carbocycles. The Morgan fingerprint density at radius 2 is 1.05 bits per heavy atom. The molecule has 0 aromatic heterocycles. The maximum atomic E-state index is 3.45. The minimum atomic E-state index is 0.131. The normalized spacial score (nSPS) is 10.8. The van der Waals surface area contributed by atoms with E-state index >= 15 is 0 Å². The monoisotopic (exact) mass is 288 g/mol. The fourth-order valence-corrected chi connectivity index (χ4v) is 2.50. The van der Waals surface area contributed by atoms with Crippen LogP contribution in [0.2, 0.25) is 0 Å². The number of benzene rings is 3. The zero-order valence-electron chi connectivity index (χ0n) is 12.4. The van der Waals surface area contributed by atoms with Crippen molar-refractivity contribution in [2.75, 3.05) is 0 Å². The van der Waals surface area contributed by atoms with Gasteiger partial charge < -0.3 is 0 Å². The maximum absolute atomic E-state index is 3.45. The minimum Gasteiger partial charge on any atom is -0.253 e. The summed E-state index contributed by atoms with van der Waals surface area (Å²) in [4.78, 5) is 0. The van der Waals surface area contributed by atoms with Gasteiger partial charge in [-0.25, -0.2) is 5.43 Å². The lowest BCUT2D eigenvalue weighted by atomic mass is 9.99. The summed E-state index contributed by atoms with van der Waals surface area (Å²) in [5.74, 6) is 0. The highest BCUT2D eigenvalue weighted by molar-refractivity contribution is 5.31. The fraction of sp³-hybridized carbons (Fsp3) is 0.100. The zero-order chi connectivity index (χ0) is 15.0. The lowest BCUT2D eigenvalue weighted by Gasteiger charge is -2.20. The molecule has 110 valence electrons. The van der Waals surface area contributed by atoms with Gasteiger partial charge in [0.1, 0.15) is 0 Å².